The number of carbonyl (C=O) groups excluding carboxylic acids is 1. The topological polar surface area (TPSA) is 72.5 Å². The highest BCUT2D eigenvalue weighted by molar-refractivity contribution is 7.89. The lowest BCUT2D eigenvalue weighted by atomic mass is 10.1. The Kier molecular flexibility index (Phi) is 7.36. The van der Waals surface area contributed by atoms with E-state index in [9.17, 15) is 13.2 Å². The maximum absolute atomic E-state index is 12.6. The average Bonchev–Trinajstić information content (AvgIpc) is 2.66. The summed E-state index contributed by atoms with van der Waals surface area (Å²) in [7, 11) is -3.80. The smallest absolute Gasteiger partial charge is 0.324 e. The molecule has 0 aliphatic carbocycles. The second kappa shape index (κ2) is 9.50. The normalized spacial score (nSPS) is 12.5. The van der Waals surface area contributed by atoms with Gasteiger partial charge in [0.1, 0.15) is 6.04 Å². The second-order valence-electron chi connectivity index (χ2n) is 5.96. The van der Waals surface area contributed by atoms with Crippen LogP contribution >= 0.6 is 0 Å². The Morgan fingerprint density at radius 3 is 2.19 bits per heavy atom. The van der Waals surface area contributed by atoms with Crippen molar-refractivity contribution < 1.29 is 17.9 Å². The highest BCUT2D eigenvalue weighted by atomic mass is 32.2. The summed E-state index contributed by atoms with van der Waals surface area (Å²) in [6.45, 7) is 3.90. The van der Waals surface area contributed by atoms with E-state index in [1.807, 2.05) is 37.3 Å². The van der Waals surface area contributed by atoms with Crippen molar-refractivity contribution in [1.82, 2.24) is 4.72 Å². The van der Waals surface area contributed by atoms with E-state index >= 15 is 0 Å². The van der Waals surface area contributed by atoms with Crippen molar-refractivity contribution in [3.05, 3.63) is 54.6 Å². The van der Waals surface area contributed by atoms with E-state index in [1.165, 1.54) is 0 Å². The first-order valence-electron chi connectivity index (χ1n) is 8.82. The number of hydrogen-bond donors (Lipinski definition) is 1. The lowest BCUT2D eigenvalue weighted by molar-refractivity contribution is -0.145. The summed E-state index contributed by atoms with van der Waals surface area (Å²) >= 11 is 0. The van der Waals surface area contributed by atoms with Crippen LogP contribution in [0.15, 0.2) is 59.5 Å². The molecule has 0 bridgehead atoms. The number of benzene rings is 2. The molecular weight excluding hydrogens is 350 g/mol. The third-order valence-corrected chi connectivity index (χ3v) is 5.47. The van der Waals surface area contributed by atoms with Gasteiger partial charge < -0.3 is 4.74 Å². The van der Waals surface area contributed by atoms with Crippen LogP contribution in [0, 0.1) is 0 Å². The van der Waals surface area contributed by atoms with Crippen molar-refractivity contribution in [2.24, 2.45) is 0 Å². The minimum atomic E-state index is -3.80. The zero-order chi connectivity index (χ0) is 19.0. The van der Waals surface area contributed by atoms with Crippen molar-refractivity contribution >= 4 is 16.0 Å². The Morgan fingerprint density at radius 1 is 1.00 bits per heavy atom. The van der Waals surface area contributed by atoms with E-state index in [2.05, 4.69) is 4.72 Å². The largest absolute Gasteiger partial charge is 0.465 e. The Labute approximate surface area is 155 Å². The molecule has 1 unspecified atom stereocenters. The van der Waals surface area contributed by atoms with Gasteiger partial charge in [-0.2, -0.15) is 4.72 Å². The molecule has 0 fully saturated rings. The molecule has 6 heteroatoms. The van der Waals surface area contributed by atoms with Crippen LogP contribution in [-0.2, 0) is 19.6 Å². The first-order chi connectivity index (χ1) is 12.5. The van der Waals surface area contributed by atoms with E-state index in [0.29, 0.717) is 6.42 Å². The lowest BCUT2D eigenvalue weighted by Crippen LogP contribution is -2.41. The molecule has 2 aromatic carbocycles. The highest BCUT2D eigenvalue weighted by Crippen LogP contribution is 2.21. The zero-order valence-electron chi connectivity index (χ0n) is 15.1. The van der Waals surface area contributed by atoms with Crippen LogP contribution in [0.3, 0.4) is 0 Å². The van der Waals surface area contributed by atoms with Gasteiger partial charge in [0.25, 0.3) is 0 Å². The predicted molar refractivity (Wildman–Crippen MR) is 102 cm³/mol. The minimum Gasteiger partial charge on any atom is -0.465 e. The Hall–Kier alpha value is -2.18. The fraction of sp³-hybridized carbons (Fsp3) is 0.350. The molecule has 0 radical (unpaired) electrons. The van der Waals surface area contributed by atoms with E-state index in [0.717, 1.165) is 24.0 Å². The highest BCUT2D eigenvalue weighted by Gasteiger charge is 2.26. The summed E-state index contributed by atoms with van der Waals surface area (Å²) in [5.41, 5.74) is 1.94. The monoisotopic (exact) mass is 375 g/mol. The maximum atomic E-state index is 12.6. The summed E-state index contributed by atoms with van der Waals surface area (Å²) in [4.78, 5) is 12.2. The van der Waals surface area contributed by atoms with E-state index < -0.39 is 22.0 Å². The molecule has 0 aromatic heterocycles. The molecule has 1 atom stereocenters. The number of unbranched alkanes of at least 4 members (excludes halogenated alkanes) is 1. The molecule has 0 amide bonds. The van der Waals surface area contributed by atoms with Crippen LogP contribution in [-0.4, -0.2) is 27.0 Å². The number of carbonyl (C=O) groups is 1. The number of esters is 1. The number of sulfonamides is 1. The van der Waals surface area contributed by atoms with Crippen LogP contribution in [0.2, 0.25) is 0 Å². The minimum absolute atomic E-state index is 0.128. The third-order valence-electron chi connectivity index (χ3n) is 3.99. The number of hydrogen-bond acceptors (Lipinski definition) is 4. The number of ether oxygens (including phenoxy) is 1. The first-order valence-corrected chi connectivity index (χ1v) is 10.3. The molecule has 2 rings (SSSR count). The van der Waals surface area contributed by atoms with E-state index in [-0.39, 0.29) is 11.5 Å². The molecule has 26 heavy (non-hydrogen) atoms. The molecule has 2 aromatic rings. The van der Waals surface area contributed by atoms with Gasteiger partial charge in [0.15, 0.2) is 0 Å². The van der Waals surface area contributed by atoms with Gasteiger partial charge in [-0.15, -0.1) is 0 Å². The molecule has 140 valence electrons. The van der Waals surface area contributed by atoms with Crippen molar-refractivity contribution in [2.75, 3.05) is 6.61 Å². The van der Waals surface area contributed by atoms with Crippen LogP contribution < -0.4 is 4.72 Å². The first kappa shape index (κ1) is 20.1. The maximum Gasteiger partial charge on any atom is 0.324 e. The van der Waals surface area contributed by atoms with Gasteiger partial charge in [0, 0.05) is 0 Å². The van der Waals surface area contributed by atoms with Crippen LogP contribution in [0.25, 0.3) is 11.1 Å². The Bertz CT molecular complexity index is 801. The molecule has 0 spiro atoms. The fourth-order valence-corrected chi connectivity index (χ4v) is 3.81. The van der Waals surface area contributed by atoms with Crippen molar-refractivity contribution in [3.63, 3.8) is 0 Å². The molecular formula is C20H25NO4S. The van der Waals surface area contributed by atoms with Gasteiger partial charge in [-0.05, 0) is 36.6 Å². The lowest BCUT2D eigenvalue weighted by Gasteiger charge is -2.17. The van der Waals surface area contributed by atoms with Crippen molar-refractivity contribution in [1.29, 1.82) is 0 Å². The van der Waals surface area contributed by atoms with E-state index in [1.54, 1.807) is 31.2 Å². The summed E-state index contributed by atoms with van der Waals surface area (Å²) < 4.78 is 32.8. The molecule has 5 nitrogen and oxygen atoms in total. The molecule has 1 N–H and O–H groups in total. The second-order valence-corrected chi connectivity index (χ2v) is 7.67. The summed E-state index contributed by atoms with van der Waals surface area (Å²) in [5, 5.41) is 0. The Morgan fingerprint density at radius 2 is 1.62 bits per heavy atom. The molecule has 0 saturated carbocycles. The SMILES string of the molecule is CCCCC(NS(=O)(=O)c1ccc(-c2ccccc2)cc1)C(=O)OCC. The third kappa shape index (κ3) is 5.41. The van der Waals surface area contributed by atoms with Gasteiger partial charge in [0.05, 0.1) is 11.5 Å². The van der Waals surface area contributed by atoms with Gasteiger partial charge in [-0.1, -0.05) is 62.2 Å². The summed E-state index contributed by atoms with van der Waals surface area (Å²) in [5.74, 6) is -0.537. The molecule has 0 saturated heterocycles. The van der Waals surface area contributed by atoms with Crippen LogP contribution in [0.1, 0.15) is 33.1 Å². The van der Waals surface area contributed by atoms with Crippen LogP contribution in [0.5, 0.6) is 0 Å². The average molecular weight is 375 g/mol. The fourth-order valence-electron chi connectivity index (χ4n) is 2.59. The van der Waals surface area contributed by atoms with Crippen LogP contribution in [0.4, 0.5) is 0 Å². The van der Waals surface area contributed by atoms with Gasteiger partial charge in [-0.3, -0.25) is 4.79 Å². The van der Waals surface area contributed by atoms with Gasteiger partial charge >= 0.3 is 5.97 Å². The van der Waals surface area contributed by atoms with Crippen molar-refractivity contribution in [3.8, 4) is 11.1 Å². The predicted octanol–water partition coefficient (Wildman–Crippen LogP) is 3.75. The Balaban J connectivity index is 2.18. The standard InChI is InChI=1S/C20H25NO4S/c1-3-5-11-19(20(22)25-4-2)21-26(23,24)18-14-12-17(13-15-18)16-9-7-6-8-10-16/h6-10,12-15,19,21H,3-5,11H2,1-2H3. The summed E-state index contributed by atoms with van der Waals surface area (Å²) in [6.07, 6.45) is 2.01. The van der Waals surface area contributed by atoms with Gasteiger partial charge in [-0.25, -0.2) is 8.42 Å². The van der Waals surface area contributed by atoms with Gasteiger partial charge in [0.2, 0.25) is 10.0 Å². The molecule has 0 aliphatic heterocycles. The van der Waals surface area contributed by atoms with E-state index in [4.69, 9.17) is 4.74 Å². The number of nitrogens with one attached hydrogen (secondary N) is 1. The molecule has 0 heterocycles. The van der Waals surface area contributed by atoms with Crippen molar-refractivity contribution in [2.45, 2.75) is 44.0 Å². The quantitative estimate of drug-likeness (QED) is 0.678. The number of rotatable bonds is 9. The summed E-state index contributed by atoms with van der Waals surface area (Å²) in [6, 6.07) is 15.5. The zero-order valence-corrected chi connectivity index (χ0v) is 16.0. The molecule has 0 aliphatic rings.